The third kappa shape index (κ3) is 5.34. The van der Waals surface area contributed by atoms with Gasteiger partial charge in [-0.1, -0.05) is 6.92 Å². The number of nitrogens with zero attached hydrogens (tertiary/aromatic N) is 1. The first kappa shape index (κ1) is 15.6. The van der Waals surface area contributed by atoms with Gasteiger partial charge in [-0.3, -0.25) is 0 Å². The number of halogens is 3. The van der Waals surface area contributed by atoms with Crippen molar-refractivity contribution in [1.29, 1.82) is 0 Å². The number of aliphatic hydroxyl groups excluding tert-OH is 1. The van der Waals surface area contributed by atoms with Crippen molar-refractivity contribution in [2.24, 2.45) is 0 Å². The summed E-state index contributed by atoms with van der Waals surface area (Å²) in [5.41, 5.74) is -0.769. The van der Waals surface area contributed by atoms with Crippen molar-refractivity contribution in [3.63, 3.8) is 0 Å². The molecule has 0 fully saturated rings. The summed E-state index contributed by atoms with van der Waals surface area (Å²) in [4.78, 5) is 4.02. The van der Waals surface area contributed by atoms with Crippen LogP contribution in [0.2, 0.25) is 0 Å². The number of anilines is 2. The number of aliphatic hydroxyl groups is 1. The normalized spacial score (nSPS) is 13.2. The number of aromatic nitrogens is 1. The number of alkyl halides is 3. The standard InChI is InChI=1S/C12H18F3N3O/c1-3-4-16-10-5-9(12(13,14)15)6-11(18-10)17-7-8(2)19/h5-6,8,19H,3-4,7H2,1-2H3,(H2,16,17,18). The van der Waals surface area contributed by atoms with Gasteiger partial charge in [0.05, 0.1) is 11.7 Å². The van der Waals surface area contributed by atoms with Gasteiger partial charge in [-0.05, 0) is 25.5 Å². The zero-order chi connectivity index (χ0) is 14.5. The second kappa shape index (κ2) is 6.60. The highest BCUT2D eigenvalue weighted by Gasteiger charge is 2.31. The fourth-order valence-corrected chi connectivity index (χ4v) is 1.38. The Labute approximate surface area is 110 Å². The summed E-state index contributed by atoms with van der Waals surface area (Å²) in [7, 11) is 0. The molecule has 0 spiro atoms. The molecular weight excluding hydrogens is 259 g/mol. The Morgan fingerprint density at radius 3 is 2.32 bits per heavy atom. The molecule has 0 aliphatic carbocycles. The van der Waals surface area contributed by atoms with Crippen LogP contribution in [0, 0.1) is 0 Å². The molecule has 1 heterocycles. The number of pyridine rings is 1. The SMILES string of the molecule is CCCNc1cc(C(F)(F)F)cc(NCC(C)O)n1. The van der Waals surface area contributed by atoms with Gasteiger partial charge in [0.25, 0.3) is 0 Å². The van der Waals surface area contributed by atoms with Crippen LogP contribution in [-0.4, -0.2) is 29.3 Å². The second-order valence-corrected chi connectivity index (χ2v) is 4.28. The monoisotopic (exact) mass is 277 g/mol. The predicted molar refractivity (Wildman–Crippen MR) is 68.2 cm³/mol. The van der Waals surface area contributed by atoms with E-state index in [0.29, 0.717) is 6.54 Å². The molecule has 1 aromatic rings. The maximum Gasteiger partial charge on any atom is 0.416 e. The van der Waals surface area contributed by atoms with Crippen molar-refractivity contribution in [2.75, 3.05) is 23.7 Å². The highest BCUT2D eigenvalue weighted by atomic mass is 19.4. The number of hydrogen-bond donors (Lipinski definition) is 3. The van der Waals surface area contributed by atoms with Crippen LogP contribution in [0.15, 0.2) is 12.1 Å². The second-order valence-electron chi connectivity index (χ2n) is 4.28. The first-order chi connectivity index (χ1) is 8.82. The van der Waals surface area contributed by atoms with E-state index in [1.165, 1.54) is 6.92 Å². The quantitative estimate of drug-likeness (QED) is 0.748. The van der Waals surface area contributed by atoms with Gasteiger partial charge in [0.15, 0.2) is 0 Å². The van der Waals surface area contributed by atoms with Crippen molar-refractivity contribution in [3.05, 3.63) is 17.7 Å². The van der Waals surface area contributed by atoms with Gasteiger partial charge in [-0.15, -0.1) is 0 Å². The molecule has 19 heavy (non-hydrogen) atoms. The number of hydrogen-bond acceptors (Lipinski definition) is 4. The molecule has 1 aromatic heterocycles. The first-order valence-corrected chi connectivity index (χ1v) is 6.08. The predicted octanol–water partition coefficient (Wildman–Crippen LogP) is 2.72. The van der Waals surface area contributed by atoms with Crippen LogP contribution in [0.1, 0.15) is 25.8 Å². The van der Waals surface area contributed by atoms with Gasteiger partial charge in [-0.25, -0.2) is 4.98 Å². The minimum atomic E-state index is -4.42. The van der Waals surface area contributed by atoms with E-state index < -0.39 is 17.8 Å². The number of rotatable bonds is 6. The Balaban J connectivity index is 2.95. The van der Waals surface area contributed by atoms with Crippen molar-refractivity contribution < 1.29 is 18.3 Å². The van der Waals surface area contributed by atoms with Gasteiger partial charge in [0, 0.05) is 13.1 Å². The molecule has 0 bridgehead atoms. The summed E-state index contributed by atoms with van der Waals surface area (Å²) in [6.07, 6.45) is -4.30. The van der Waals surface area contributed by atoms with E-state index in [2.05, 4.69) is 15.6 Å². The molecule has 0 aliphatic heterocycles. The van der Waals surface area contributed by atoms with Crippen molar-refractivity contribution >= 4 is 11.6 Å². The maximum absolute atomic E-state index is 12.7. The van der Waals surface area contributed by atoms with E-state index in [0.717, 1.165) is 18.6 Å². The molecular formula is C12H18F3N3O. The Bertz CT molecular complexity index is 408. The van der Waals surface area contributed by atoms with Crippen LogP contribution in [0.3, 0.4) is 0 Å². The molecule has 7 heteroatoms. The van der Waals surface area contributed by atoms with Gasteiger partial charge in [0.1, 0.15) is 11.6 Å². The lowest BCUT2D eigenvalue weighted by Gasteiger charge is -2.14. The smallest absolute Gasteiger partial charge is 0.392 e. The average molecular weight is 277 g/mol. The lowest BCUT2D eigenvalue weighted by molar-refractivity contribution is -0.137. The first-order valence-electron chi connectivity index (χ1n) is 6.08. The van der Waals surface area contributed by atoms with Gasteiger partial charge in [-0.2, -0.15) is 13.2 Å². The van der Waals surface area contributed by atoms with Gasteiger partial charge >= 0.3 is 6.18 Å². The molecule has 0 radical (unpaired) electrons. The van der Waals surface area contributed by atoms with Crippen LogP contribution in [0.5, 0.6) is 0 Å². The highest BCUT2D eigenvalue weighted by molar-refractivity contribution is 5.49. The zero-order valence-corrected chi connectivity index (χ0v) is 10.9. The molecule has 108 valence electrons. The summed E-state index contributed by atoms with van der Waals surface area (Å²) in [5.74, 6) is 0.263. The van der Waals surface area contributed by atoms with Crippen molar-refractivity contribution in [3.8, 4) is 0 Å². The van der Waals surface area contributed by atoms with Crippen LogP contribution in [0.4, 0.5) is 24.8 Å². The topological polar surface area (TPSA) is 57.2 Å². The molecule has 0 aliphatic rings. The van der Waals surface area contributed by atoms with Crippen molar-refractivity contribution in [2.45, 2.75) is 32.5 Å². The average Bonchev–Trinajstić information content (AvgIpc) is 2.32. The Kier molecular flexibility index (Phi) is 5.41. The molecule has 0 aromatic carbocycles. The molecule has 0 amide bonds. The third-order valence-electron chi connectivity index (χ3n) is 2.29. The Morgan fingerprint density at radius 2 is 1.84 bits per heavy atom. The lowest BCUT2D eigenvalue weighted by Crippen LogP contribution is -2.17. The minimum absolute atomic E-state index is 0.0920. The molecule has 3 N–H and O–H groups in total. The fourth-order valence-electron chi connectivity index (χ4n) is 1.38. The van der Waals surface area contributed by atoms with E-state index in [9.17, 15) is 13.2 Å². The molecule has 1 rings (SSSR count). The Hall–Kier alpha value is -1.50. The Morgan fingerprint density at radius 1 is 1.26 bits per heavy atom. The van der Waals surface area contributed by atoms with Crippen LogP contribution < -0.4 is 10.6 Å². The lowest BCUT2D eigenvalue weighted by atomic mass is 10.2. The van der Waals surface area contributed by atoms with E-state index in [4.69, 9.17) is 5.11 Å². The van der Waals surface area contributed by atoms with E-state index >= 15 is 0 Å². The number of nitrogens with one attached hydrogen (secondary N) is 2. The van der Waals surface area contributed by atoms with Crippen LogP contribution >= 0.6 is 0 Å². The molecule has 0 saturated carbocycles. The van der Waals surface area contributed by atoms with E-state index in [1.54, 1.807) is 0 Å². The van der Waals surface area contributed by atoms with Gasteiger partial charge < -0.3 is 15.7 Å². The third-order valence-corrected chi connectivity index (χ3v) is 2.29. The molecule has 1 unspecified atom stereocenters. The fraction of sp³-hybridized carbons (Fsp3) is 0.583. The van der Waals surface area contributed by atoms with E-state index in [1.807, 2.05) is 6.92 Å². The van der Waals surface area contributed by atoms with Crippen LogP contribution in [0.25, 0.3) is 0 Å². The zero-order valence-electron chi connectivity index (χ0n) is 10.9. The van der Waals surface area contributed by atoms with Crippen LogP contribution in [-0.2, 0) is 6.18 Å². The minimum Gasteiger partial charge on any atom is -0.392 e. The summed E-state index contributed by atoms with van der Waals surface area (Å²) in [6, 6.07) is 1.91. The summed E-state index contributed by atoms with van der Waals surface area (Å²) < 4.78 is 38.2. The van der Waals surface area contributed by atoms with Crippen molar-refractivity contribution in [1.82, 2.24) is 4.98 Å². The molecule has 4 nitrogen and oxygen atoms in total. The molecule has 1 atom stereocenters. The maximum atomic E-state index is 12.7. The highest BCUT2D eigenvalue weighted by Crippen LogP contribution is 2.32. The summed E-state index contributed by atoms with van der Waals surface area (Å²) in [5, 5.41) is 14.6. The molecule has 0 saturated heterocycles. The summed E-state index contributed by atoms with van der Waals surface area (Å²) in [6.45, 7) is 4.13. The van der Waals surface area contributed by atoms with Gasteiger partial charge in [0.2, 0.25) is 0 Å². The summed E-state index contributed by atoms with van der Waals surface area (Å²) >= 11 is 0. The largest absolute Gasteiger partial charge is 0.416 e. The van der Waals surface area contributed by atoms with E-state index in [-0.39, 0.29) is 18.2 Å².